The molecule has 7 heteroatoms. The lowest BCUT2D eigenvalue weighted by atomic mass is 10.2. The fraction of sp³-hybridized carbons (Fsp3) is 0.333. The van der Waals surface area contributed by atoms with Gasteiger partial charge in [0.15, 0.2) is 11.6 Å². The van der Waals surface area contributed by atoms with Crippen molar-refractivity contribution >= 4 is 29.2 Å². The van der Waals surface area contributed by atoms with Crippen LogP contribution in [0.15, 0.2) is 22.7 Å². The molecule has 1 aromatic heterocycles. The van der Waals surface area contributed by atoms with Gasteiger partial charge in [0.1, 0.15) is 0 Å². The number of rotatable bonds is 2. The third-order valence-electron chi connectivity index (χ3n) is 2.84. The summed E-state index contributed by atoms with van der Waals surface area (Å²) in [6.07, 6.45) is 0. The second-order valence-corrected chi connectivity index (χ2v) is 6.60. The van der Waals surface area contributed by atoms with E-state index in [0.717, 1.165) is 11.5 Å². The first-order valence-corrected chi connectivity index (χ1v) is 8.07. The van der Waals surface area contributed by atoms with Crippen LogP contribution in [-0.2, 0) is 0 Å². The summed E-state index contributed by atoms with van der Waals surface area (Å²) in [5, 5.41) is 14.2. The molecule has 5 nitrogen and oxygen atoms in total. The molecule has 1 saturated heterocycles. The van der Waals surface area contributed by atoms with Gasteiger partial charge in [-0.2, -0.15) is 16.7 Å². The average molecular weight is 295 g/mol. The summed E-state index contributed by atoms with van der Waals surface area (Å²) in [7, 11) is 0. The fourth-order valence-electron chi connectivity index (χ4n) is 1.85. The molecule has 2 heterocycles. The van der Waals surface area contributed by atoms with Crippen LogP contribution in [0.3, 0.4) is 0 Å². The molecule has 1 unspecified atom stereocenters. The molecule has 3 rings (SSSR count). The van der Waals surface area contributed by atoms with Crippen LogP contribution in [0.1, 0.15) is 11.1 Å². The van der Waals surface area contributed by atoms with Crippen LogP contribution in [0.25, 0.3) is 11.5 Å². The number of thioether (sulfide) groups is 2. The van der Waals surface area contributed by atoms with Gasteiger partial charge in [0.25, 0.3) is 5.89 Å². The summed E-state index contributed by atoms with van der Waals surface area (Å²) in [5.41, 5.74) is 6.44. The maximum absolute atomic E-state index is 9.91. The Labute approximate surface area is 119 Å². The van der Waals surface area contributed by atoms with Gasteiger partial charge in [0.2, 0.25) is 0 Å². The number of aromatic hydroxyl groups is 1. The largest absolute Gasteiger partial charge is 0.505 e. The Balaban J connectivity index is 1.90. The molecular formula is C12H13N3O2S2. The van der Waals surface area contributed by atoms with Crippen LogP contribution in [0.2, 0.25) is 0 Å². The van der Waals surface area contributed by atoms with Crippen molar-refractivity contribution in [1.29, 1.82) is 0 Å². The number of nitrogens with two attached hydrogens (primary N) is 1. The van der Waals surface area contributed by atoms with Crippen molar-refractivity contribution in [3.05, 3.63) is 24.0 Å². The van der Waals surface area contributed by atoms with Gasteiger partial charge in [0, 0.05) is 17.3 Å². The van der Waals surface area contributed by atoms with E-state index in [0.29, 0.717) is 23.0 Å². The minimum Gasteiger partial charge on any atom is -0.505 e. The molecule has 100 valence electrons. The number of aromatic nitrogens is 2. The van der Waals surface area contributed by atoms with Gasteiger partial charge in [-0.1, -0.05) is 11.2 Å². The molecule has 2 aromatic rings. The molecular weight excluding hydrogens is 282 g/mol. The van der Waals surface area contributed by atoms with Gasteiger partial charge >= 0.3 is 0 Å². The first-order valence-electron chi connectivity index (χ1n) is 5.86. The number of hydrogen-bond donors (Lipinski definition) is 2. The van der Waals surface area contributed by atoms with E-state index >= 15 is 0 Å². The molecule has 1 fully saturated rings. The van der Waals surface area contributed by atoms with Crippen molar-refractivity contribution in [3.63, 3.8) is 0 Å². The van der Waals surface area contributed by atoms with Crippen molar-refractivity contribution in [2.24, 2.45) is 0 Å². The highest BCUT2D eigenvalue weighted by Gasteiger charge is 2.23. The lowest BCUT2D eigenvalue weighted by Gasteiger charge is -2.16. The maximum atomic E-state index is 9.91. The second kappa shape index (κ2) is 5.34. The van der Waals surface area contributed by atoms with E-state index in [1.54, 1.807) is 18.2 Å². The Morgan fingerprint density at radius 2 is 2.26 bits per heavy atom. The molecule has 1 aliphatic rings. The number of benzene rings is 1. The minimum absolute atomic E-state index is 0.0108. The van der Waals surface area contributed by atoms with Crippen LogP contribution in [0.4, 0.5) is 5.69 Å². The molecule has 0 bridgehead atoms. The van der Waals surface area contributed by atoms with E-state index in [1.807, 2.05) is 23.5 Å². The Morgan fingerprint density at radius 3 is 3.05 bits per heavy atom. The first kappa shape index (κ1) is 12.7. The summed E-state index contributed by atoms with van der Waals surface area (Å²) in [5.74, 6) is 4.25. The van der Waals surface area contributed by atoms with Gasteiger partial charge in [-0.25, -0.2) is 0 Å². The van der Waals surface area contributed by atoms with Crippen molar-refractivity contribution in [2.75, 3.05) is 23.0 Å². The van der Waals surface area contributed by atoms with E-state index in [4.69, 9.17) is 10.3 Å². The number of anilines is 1. The fourth-order valence-corrected chi connectivity index (χ4v) is 4.43. The minimum atomic E-state index is -0.0108. The van der Waals surface area contributed by atoms with Crippen molar-refractivity contribution in [1.82, 2.24) is 10.1 Å². The van der Waals surface area contributed by atoms with Gasteiger partial charge in [-0.05, 0) is 12.1 Å². The quantitative estimate of drug-likeness (QED) is 0.650. The van der Waals surface area contributed by atoms with E-state index in [-0.39, 0.29) is 11.0 Å². The Bertz CT molecular complexity index is 582. The zero-order chi connectivity index (χ0) is 13.2. The van der Waals surface area contributed by atoms with Gasteiger partial charge in [0.05, 0.1) is 16.5 Å². The van der Waals surface area contributed by atoms with Crippen LogP contribution >= 0.6 is 23.5 Å². The number of phenols is 1. The van der Waals surface area contributed by atoms with Crippen molar-refractivity contribution in [2.45, 2.75) is 5.25 Å². The highest BCUT2D eigenvalue weighted by Crippen LogP contribution is 2.37. The van der Waals surface area contributed by atoms with E-state index in [2.05, 4.69) is 10.1 Å². The third-order valence-corrected chi connectivity index (χ3v) is 5.59. The van der Waals surface area contributed by atoms with E-state index < -0.39 is 0 Å². The Morgan fingerprint density at radius 1 is 1.37 bits per heavy atom. The summed E-state index contributed by atoms with van der Waals surface area (Å²) in [4.78, 5) is 4.38. The molecule has 0 saturated carbocycles. The highest BCUT2D eigenvalue weighted by atomic mass is 32.2. The second-order valence-electron chi connectivity index (χ2n) is 4.14. The molecule has 1 atom stereocenters. The van der Waals surface area contributed by atoms with Gasteiger partial charge in [-0.3, -0.25) is 0 Å². The van der Waals surface area contributed by atoms with Crippen LogP contribution in [0.5, 0.6) is 5.75 Å². The number of phenolic OH excluding ortho intramolecular Hbond substituents is 1. The Hall–Kier alpha value is -1.34. The van der Waals surface area contributed by atoms with Gasteiger partial charge < -0.3 is 15.4 Å². The lowest BCUT2D eigenvalue weighted by molar-refractivity contribution is 0.418. The van der Waals surface area contributed by atoms with Gasteiger partial charge in [-0.15, -0.1) is 11.8 Å². The molecule has 0 spiro atoms. The zero-order valence-corrected chi connectivity index (χ0v) is 11.7. The summed E-state index contributed by atoms with van der Waals surface area (Å²) >= 11 is 3.74. The third kappa shape index (κ3) is 2.52. The van der Waals surface area contributed by atoms with E-state index in [1.165, 1.54) is 5.75 Å². The summed E-state index contributed by atoms with van der Waals surface area (Å²) in [6, 6.07) is 5.09. The van der Waals surface area contributed by atoms with Crippen LogP contribution in [-0.4, -0.2) is 32.5 Å². The SMILES string of the molecule is Nc1cccc(-c2nc(C3CSCCS3)no2)c1O. The predicted molar refractivity (Wildman–Crippen MR) is 78.3 cm³/mol. The van der Waals surface area contributed by atoms with Crippen LogP contribution in [0, 0.1) is 0 Å². The topological polar surface area (TPSA) is 85.2 Å². The molecule has 0 radical (unpaired) electrons. The smallest absolute Gasteiger partial charge is 0.261 e. The standard InChI is InChI=1S/C12H13N3O2S2/c13-8-3-1-2-7(10(8)16)12-14-11(15-17-12)9-6-18-4-5-19-9/h1-3,9,16H,4-6,13H2. The molecule has 0 aliphatic carbocycles. The highest BCUT2D eigenvalue weighted by molar-refractivity contribution is 8.06. The number of para-hydroxylation sites is 1. The predicted octanol–water partition coefficient (Wildman–Crippen LogP) is 2.55. The number of nitrogen functional groups attached to an aromatic ring is 1. The summed E-state index contributed by atoms with van der Waals surface area (Å²) in [6.45, 7) is 0. The maximum Gasteiger partial charge on any atom is 0.261 e. The molecule has 1 aliphatic heterocycles. The Kier molecular flexibility index (Phi) is 3.56. The zero-order valence-electron chi connectivity index (χ0n) is 10.1. The molecule has 1 aromatic carbocycles. The average Bonchev–Trinajstić information content (AvgIpc) is 2.92. The van der Waals surface area contributed by atoms with E-state index in [9.17, 15) is 5.11 Å². The van der Waals surface area contributed by atoms with Crippen molar-refractivity contribution in [3.8, 4) is 17.2 Å². The molecule has 0 amide bonds. The van der Waals surface area contributed by atoms with Crippen molar-refractivity contribution < 1.29 is 9.63 Å². The monoisotopic (exact) mass is 295 g/mol. The summed E-state index contributed by atoms with van der Waals surface area (Å²) < 4.78 is 5.24. The number of hydrogen-bond acceptors (Lipinski definition) is 7. The lowest BCUT2D eigenvalue weighted by Crippen LogP contribution is -2.07. The molecule has 3 N–H and O–H groups in total. The molecule has 19 heavy (non-hydrogen) atoms. The normalized spacial score (nSPS) is 19.5. The first-order chi connectivity index (χ1) is 9.25. The number of nitrogens with zero attached hydrogens (tertiary/aromatic N) is 2. The van der Waals surface area contributed by atoms with Crippen LogP contribution < -0.4 is 5.73 Å².